The van der Waals surface area contributed by atoms with Gasteiger partial charge < -0.3 is 9.47 Å². The molecule has 0 heterocycles. The molecule has 0 unspecified atom stereocenters. The van der Waals surface area contributed by atoms with E-state index in [1.807, 2.05) is 26.0 Å². The predicted octanol–water partition coefficient (Wildman–Crippen LogP) is 3.87. The van der Waals surface area contributed by atoms with Gasteiger partial charge in [0.15, 0.2) is 11.9 Å². The number of nitrogens with zero attached hydrogens (tertiary/aromatic N) is 1. The lowest BCUT2D eigenvalue weighted by atomic mass is 9.99. The minimum Gasteiger partial charge on any atom is -0.496 e. The molecule has 6 nitrogen and oxygen atoms in total. The second kappa shape index (κ2) is 7.12. The molecule has 2 rings (SSSR count). The van der Waals surface area contributed by atoms with Crippen molar-refractivity contribution in [2.45, 2.75) is 26.9 Å². The molecular formula is C18H19NO5. The van der Waals surface area contributed by atoms with Gasteiger partial charge in [0.2, 0.25) is 5.78 Å². The Balaban J connectivity index is 2.29. The molecule has 24 heavy (non-hydrogen) atoms. The first-order valence-electron chi connectivity index (χ1n) is 7.44. The van der Waals surface area contributed by atoms with Gasteiger partial charge in [-0.2, -0.15) is 0 Å². The minimum absolute atomic E-state index is 0.0342. The number of carbonyl (C=O) groups excluding carboxylic acids is 1. The Morgan fingerprint density at radius 1 is 1.17 bits per heavy atom. The van der Waals surface area contributed by atoms with E-state index in [0.717, 1.165) is 11.1 Å². The van der Waals surface area contributed by atoms with E-state index >= 15 is 0 Å². The van der Waals surface area contributed by atoms with Crippen LogP contribution in [0.25, 0.3) is 0 Å². The topological polar surface area (TPSA) is 78.7 Å². The van der Waals surface area contributed by atoms with Crippen molar-refractivity contribution in [2.24, 2.45) is 0 Å². The number of benzene rings is 2. The summed E-state index contributed by atoms with van der Waals surface area (Å²) in [4.78, 5) is 23.2. The van der Waals surface area contributed by atoms with Crippen LogP contribution in [0.5, 0.6) is 11.5 Å². The van der Waals surface area contributed by atoms with Crippen LogP contribution in [0.15, 0.2) is 36.4 Å². The summed E-state index contributed by atoms with van der Waals surface area (Å²) in [5.74, 6) is 0.163. The average molecular weight is 329 g/mol. The standard InChI is InChI=1S/C18H19NO5/c1-11-5-6-12(2)15(9-11)18(20)13(3)24-17-8-7-14(23-4)10-16(17)19(21)22/h5-10,13H,1-4H3/t13-/m1/s1. The van der Waals surface area contributed by atoms with Crippen LogP contribution in [-0.2, 0) is 0 Å². The first-order chi connectivity index (χ1) is 11.3. The van der Waals surface area contributed by atoms with E-state index in [0.29, 0.717) is 11.3 Å². The molecule has 0 bridgehead atoms. The van der Waals surface area contributed by atoms with E-state index in [4.69, 9.17) is 9.47 Å². The van der Waals surface area contributed by atoms with Crippen LogP contribution in [0.3, 0.4) is 0 Å². The number of rotatable bonds is 6. The number of ether oxygens (including phenoxy) is 2. The zero-order valence-corrected chi connectivity index (χ0v) is 14.0. The van der Waals surface area contributed by atoms with Crippen LogP contribution in [0.4, 0.5) is 5.69 Å². The highest BCUT2D eigenvalue weighted by atomic mass is 16.6. The number of methoxy groups -OCH3 is 1. The molecule has 0 saturated carbocycles. The molecular weight excluding hydrogens is 310 g/mol. The van der Waals surface area contributed by atoms with Crippen molar-refractivity contribution in [3.63, 3.8) is 0 Å². The third-order valence-corrected chi connectivity index (χ3v) is 3.69. The fourth-order valence-corrected chi connectivity index (χ4v) is 2.33. The van der Waals surface area contributed by atoms with Gasteiger partial charge in [-0.3, -0.25) is 14.9 Å². The normalized spacial score (nSPS) is 11.7. The average Bonchev–Trinajstić information content (AvgIpc) is 2.56. The third kappa shape index (κ3) is 3.71. The maximum Gasteiger partial charge on any atom is 0.314 e. The van der Waals surface area contributed by atoms with Crippen LogP contribution >= 0.6 is 0 Å². The van der Waals surface area contributed by atoms with Gasteiger partial charge in [-0.05, 0) is 44.5 Å². The molecule has 0 aliphatic heterocycles. The van der Waals surface area contributed by atoms with Crippen LogP contribution in [-0.4, -0.2) is 23.9 Å². The Morgan fingerprint density at radius 3 is 2.50 bits per heavy atom. The highest BCUT2D eigenvalue weighted by molar-refractivity contribution is 6.00. The molecule has 0 radical (unpaired) electrons. The fraction of sp³-hybridized carbons (Fsp3) is 0.278. The first kappa shape index (κ1) is 17.5. The van der Waals surface area contributed by atoms with Crippen molar-refractivity contribution in [3.8, 4) is 11.5 Å². The fourth-order valence-electron chi connectivity index (χ4n) is 2.33. The van der Waals surface area contributed by atoms with E-state index < -0.39 is 11.0 Å². The Morgan fingerprint density at radius 2 is 1.88 bits per heavy atom. The number of hydrogen-bond donors (Lipinski definition) is 0. The van der Waals surface area contributed by atoms with Gasteiger partial charge >= 0.3 is 5.69 Å². The van der Waals surface area contributed by atoms with Crippen LogP contribution in [0.2, 0.25) is 0 Å². The van der Waals surface area contributed by atoms with Gasteiger partial charge in [0.1, 0.15) is 5.75 Å². The second-order valence-electron chi connectivity index (χ2n) is 5.53. The molecule has 0 amide bonds. The Labute approximate surface area is 140 Å². The Hall–Kier alpha value is -2.89. The van der Waals surface area contributed by atoms with Gasteiger partial charge in [0, 0.05) is 5.56 Å². The predicted molar refractivity (Wildman–Crippen MR) is 90.0 cm³/mol. The number of nitro groups is 1. The highest BCUT2D eigenvalue weighted by Crippen LogP contribution is 2.32. The summed E-state index contributed by atoms with van der Waals surface area (Å²) in [6.45, 7) is 5.32. The molecule has 0 aliphatic carbocycles. The maximum atomic E-state index is 12.6. The van der Waals surface area contributed by atoms with Gasteiger partial charge in [0.05, 0.1) is 18.1 Å². The number of nitro benzene ring substituents is 1. The Bertz CT molecular complexity index is 785. The molecule has 0 saturated heterocycles. The number of hydrogen-bond acceptors (Lipinski definition) is 5. The monoisotopic (exact) mass is 329 g/mol. The highest BCUT2D eigenvalue weighted by Gasteiger charge is 2.23. The van der Waals surface area contributed by atoms with Crippen LogP contribution < -0.4 is 9.47 Å². The number of carbonyl (C=O) groups is 1. The molecule has 6 heteroatoms. The maximum absolute atomic E-state index is 12.6. The van der Waals surface area contributed by atoms with Gasteiger partial charge in [-0.15, -0.1) is 0 Å². The summed E-state index contributed by atoms with van der Waals surface area (Å²) in [6.07, 6.45) is -0.849. The Kier molecular flexibility index (Phi) is 5.18. The first-order valence-corrected chi connectivity index (χ1v) is 7.44. The summed E-state index contributed by atoms with van der Waals surface area (Å²) < 4.78 is 10.6. The van der Waals surface area contributed by atoms with Crippen LogP contribution in [0, 0.1) is 24.0 Å². The summed E-state index contributed by atoms with van der Waals surface area (Å²) in [7, 11) is 1.42. The van der Waals surface area contributed by atoms with Crippen molar-refractivity contribution >= 4 is 11.5 Å². The largest absolute Gasteiger partial charge is 0.496 e. The lowest BCUT2D eigenvalue weighted by Crippen LogP contribution is -2.25. The molecule has 0 aromatic heterocycles. The van der Waals surface area contributed by atoms with Crippen molar-refractivity contribution < 1.29 is 19.2 Å². The van der Waals surface area contributed by atoms with E-state index in [-0.39, 0.29) is 17.2 Å². The summed E-state index contributed by atoms with van der Waals surface area (Å²) in [5, 5.41) is 11.2. The lowest BCUT2D eigenvalue weighted by molar-refractivity contribution is -0.386. The van der Waals surface area contributed by atoms with Crippen molar-refractivity contribution in [2.75, 3.05) is 7.11 Å². The minimum atomic E-state index is -0.849. The van der Waals surface area contributed by atoms with E-state index in [2.05, 4.69) is 0 Å². The van der Waals surface area contributed by atoms with Crippen molar-refractivity contribution in [1.29, 1.82) is 0 Å². The molecule has 2 aromatic carbocycles. The van der Waals surface area contributed by atoms with Gasteiger partial charge in [-0.25, -0.2) is 0 Å². The molecule has 2 aromatic rings. The van der Waals surface area contributed by atoms with E-state index in [1.54, 1.807) is 19.1 Å². The SMILES string of the molecule is COc1ccc(O[C@H](C)C(=O)c2cc(C)ccc2C)c([N+](=O)[O-])c1. The van der Waals surface area contributed by atoms with Crippen molar-refractivity contribution in [3.05, 3.63) is 63.2 Å². The molecule has 0 N–H and O–H groups in total. The third-order valence-electron chi connectivity index (χ3n) is 3.69. The summed E-state index contributed by atoms with van der Waals surface area (Å²) >= 11 is 0. The lowest BCUT2D eigenvalue weighted by Gasteiger charge is -2.15. The molecule has 126 valence electrons. The number of Topliss-reactive ketones (excluding diaryl/α,β-unsaturated/α-hetero) is 1. The number of ketones is 1. The molecule has 0 spiro atoms. The molecule has 0 fully saturated rings. The molecule has 0 aliphatic rings. The van der Waals surface area contributed by atoms with Crippen molar-refractivity contribution in [1.82, 2.24) is 0 Å². The van der Waals surface area contributed by atoms with Gasteiger partial charge in [-0.1, -0.05) is 17.7 Å². The quantitative estimate of drug-likeness (QED) is 0.456. The second-order valence-corrected chi connectivity index (χ2v) is 5.53. The smallest absolute Gasteiger partial charge is 0.314 e. The summed E-state index contributed by atoms with van der Waals surface area (Å²) in [5.41, 5.74) is 2.12. The van der Waals surface area contributed by atoms with Gasteiger partial charge in [0.25, 0.3) is 0 Å². The molecule has 1 atom stereocenters. The van der Waals surface area contributed by atoms with E-state index in [9.17, 15) is 14.9 Å². The zero-order valence-electron chi connectivity index (χ0n) is 14.0. The zero-order chi connectivity index (χ0) is 17.9. The summed E-state index contributed by atoms with van der Waals surface area (Å²) in [6, 6.07) is 9.84. The van der Waals surface area contributed by atoms with Crippen LogP contribution in [0.1, 0.15) is 28.4 Å². The van der Waals surface area contributed by atoms with E-state index in [1.165, 1.54) is 19.2 Å². The number of aryl methyl sites for hydroxylation is 2.